The van der Waals surface area contributed by atoms with Crippen LogP contribution in [0.25, 0.3) is 0 Å². The predicted octanol–water partition coefficient (Wildman–Crippen LogP) is 2.91. The lowest BCUT2D eigenvalue weighted by atomic mass is 10.2. The van der Waals surface area contributed by atoms with Crippen LogP contribution in [0.2, 0.25) is 0 Å². The summed E-state index contributed by atoms with van der Waals surface area (Å²) in [5.41, 5.74) is 2.83. The molecule has 1 unspecified atom stereocenters. The Morgan fingerprint density at radius 1 is 0.966 bits per heavy atom. The van der Waals surface area contributed by atoms with Gasteiger partial charge < -0.3 is 9.64 Å². The minimum absolute atomic E-state index is 0.130. The number of amides is 1. The van der Waals surface area contributed by atoms with E-state index in [0.29, 0.717) is 23.7 Å². The highest BCUT2D eigenvalue weighted by atomic mass is 32.2. The Morgan fingerprint density at radius 2 is 1.62 bits per heavy atom. The topological polar surface area (TPSA) is 66.9 Å². The summed E-state index contributed by atoms with van der Waals surface area (Å²) in [5, 5.41) is 0. The van der Waals surface area contributed by atoms with Crippen molar-refractivity contribution in [2.24, 2.45) is 0 Å². The summed E-state index contributed by atoms with van der Waals surface area (Å²) in [6.45, 7) is 8.70. The summed E-state index contributed by atoms with van der Waals surface area (Å²) >= 11 is 0. The zero-order valence-electron chi connectivity index (χ0n) is 17.4. The van der Waals surface area contributed by atoms with Gasteiger partial charge in [0.15, 0.2) is 6.10 Å². The summed E-state index contributed by atoms with van der Waals surface area (Å²) < 4.78 is 33.2. The Labute approximate surface area is 173 Å². The number of hydrogen-bond acceptors (Lipinski definition) is 4. The fourth-order valence-corrected chi connectivity index (χ4v) is 5.20. The van der Waals surface area contributed by atoms with Crippen molar-refractivity contribution in [1.82, 2.24) is 9.21 Å². The average Bonchev–Trinajstić information content (AvgIpc) is 2.67. The average molecular weight is 417 g/mol. The van der Waals surface area contributed by atoms with Gasteiger partial charge in [0.05, 0.1) is 4.90 Å². The van der Waals surface area contributed by atoms with E-state index >= 15 is 0 Å². The lowest BCUT2D eigenvalue weighted by Crippen LogP contribution is -2.53. The van der Waals surface area contributed by atoms with Gasteiger partial charge in [0.25, 0.3) is 5.91 Å². The van der Waals surface area contributed by atoms with E-state index in [2.05, 4.69) is 0 Å². The van der Waals surface area contributed by atoms with Gasteiger partial charge in [-0.1, -0.05) is 29.8 Å². The van der Waals surface area contributed by atoms with Crippen LogP contribution in [0.15, 0.2) is 47.4 Å². The Kier molecular flexibility index (Phi) is 6.29. The van der Waals surface area contributed by atoms with Gasteiger partial charge in [-0.2, -0.15) is 4.31 Å². The van der Waals surface area contributed by atoms with Gasteiger partial charge in [-0.3, -0.25) is 4.79 Å². The van der Waals surface area contributed by atoms with E-state index in [-0.39, 0.29) is 19.0 Å². The molecular weight excluding hydrogens is 388 g/mol. The number of sulfonamides is 1. The van der Waals surface area contributed by atoms with E-state index in [0.717, 1.165) is 16.7 Å². The molecule has 29 heavy (non-hydrogen) atoms. The summed E-state index contributed by atoms with van der Waals surface area (Å²) in [4.78, 5) is 14.7. The smallest absolute Gasteiger partial charge is 0.263 e. The number of benzene rings is 2. The Morgan fingerprint density at radius 3 is 2.24 bits per heavy atom. The molecule has 3 rings (SSSR count). The third-order valence-electron chi connectivity index (χ3n) is 5.15. The first kappa shape index (κ1) is 21.3. The number of carbonyl (C=O) groups excluding carboxylic acids is 1. The SMILES string of the molecule is Cc1cccc(OC(C)C(=O)N2CCN(S(=O)(=O)c3ccc(C)cc3C)CC2)c1. The van der Waals surface area contributed by atoms with Crippen molar-refractivity contribution < 1.29 is 17.9 Å². The molecule has 0 bridgehead atoms. The second-order valence-electron chi connectivity index (χ2n) is 7.57. The third kappa shape index (κ3) is 4.79. The standard InChI is InChI=1S/C22H28N2O4S/c1-16-6-5-7-20(15-16)28-19(4)22(25)23-10-12-24(13-11-23)29(26,27)21-9-8-17(2)14-18(21)3/h5-9,14-15,19H,10-13H2,1-4H3. The number of aryl methyl sites for hydroxylation is 3. The van der Waals surface area contributed by atoms with Crippen LogP contribution in [-0.2, 0) is 14.8 Å². The van der Waals surface area contributed by atoms with E-state index in [1.54, 1.807) is 17.9 Å². The lowest BCUT2D eigenvalue weighted by Gasteiger charge is -2.35. The predicted molar refractivity (Wildman–Crippen MR) is 113 cm³/mol. The molecule has 2 aromatic rings. The number of nitrogens with zero attached hydrogens (tertiary/aromatic N) is 2. The minimum Gasteiger partial charge on any atom is -0.481 e. The molecule has 1 aliphatic rings. The molecule has 156 valence electrons. The molecule has 0 aliphatic carbocycles. The summed E-state index contributed by atoms with van der Waals surface area (Å²) in [6.07, 6.45) is -0.626. The summed E-state index contributed by atoms with van der Waals surface area (Å²) in [5.74, 6) is 0.525. The first-order valence-corrected chi connectivity index (χ1v) is 11.2. The van der Waals surface area contributed by atoms with Crippen molar-refractivity contribution in [2.45, 2.75) is 38.7 Å². The van der Waals surface area contributed by atoms with Gasteiger partial charge in [-0.05, 0) is 57.0 Å². The highest BCUT2D eigenvalue weighted by Crippen LogP contribution is 2.22. The van der Waals surface area contributed by atoms with E-state index in [9.17, 15) is 13.2 Å². The van der Waals surface area contributed by atoms with E-state index < -0.39 is 16.1 Å². The second kappa shape index (κ2) is 8.55. The number of carbonyl (C=O) groups is 1. The largest absolute Gasteiger partial charge is 0.481 e. The van der Waals surface area contributed by atoms with Crippen LogP contribution < -0.4 is 4.74 Å². The van der Waals surface area contributed by atoms with Crippen LogP contribution in [0.5, 0.6) is 5.75 Å². The van der Waals surface area contributed by atoms with Crippen molar-refractivity contribution in [3.63, 3.8) is 0 Å². The molecule has 6 nitrogen and oxygen atoms in total. The first-order chi connectivity index (χ1) is 13.7. The van der Waals surface area contributed by atoms with Crippen molar-refractivity contribution >= 4 is 15.9 Å². The highest BCUT2D eigenvalue weighted by molar-refractivity contribution is 7.89. The number of hydrogen-bond donors (Lipinski definition) is 0. The van der Waals surface area contributed by atoms with E-state index in [1.807, 2.05) is 57.2 Å². The maximum atomic E-state index is 13.0. The molecular formula is C22H28N2O4S. The molecule has 0 saturated carbocycles. The van der Waals surface area contributed by atoms with E-state index in [4.69, 9.17) is 4.74 Å². The summed E-state index contributed by atoms with van der Waals surface area (Å²) in [7, 11) is -3.57. The van der Waals surface area contributed by atoms with Gasteiger partial charge in [-0.25, -0.2) is 8.42 Å². The molecule has 7 heteroatoms. The maximum Gasteiger partial charge on any atom is 0.263 e. The Bertz CT molecular complexity index is 996. The fourth-order valence-electron chi connectivity index (χ4n) is 3.58. The Hall–Kier alpha value is -2.38. The Balaban J connectivity index is 1.62. The fraction of sp³-hybridized carbons (Fsp3) is 0.409. The van der Waals surface area contributed by atoms with Gasteiger partial charge in [0.2, 0.25) is 10.0 Å². The molecule has 0 radical (unpaired) electrons. The maximum absolute atomic E-state index is 13.0. The second-order valence-corrected chi connectivity index (χ2v) is 9.48. The number of rotatable bonds is 5. The quantitative estimate of drug-likeness (QED) is 0.752. The molecule has 1 fully saturated rings. The van der Waals surface area contributed by atoms with Gasteiger partial charge in [0, 0.05) is 26.2 Å². The monoisotopic (exact) mass is 416 g/mol. The molecule has 1 atom stereocenters. The van der Waals surface area contributed by atoms with Gasteiger partial charge in [-0.15, -0.1) is 0 Å². The number of piperazine rings is 1. The first-order valence-electron chi connectivity index (χ1n) is 9.78. The van der Waals surface area contributed by atoms with Crippen LogP contribution in [0.1, 0.15) is 23.6 Å². The van der Waals surface area contributed by atoms with Gasteiger partial charge >= 0.3 is 0 Å². The molecule has 2 aromatic carbocycles. The van der Waals surface area contributed by atoms with Crippen LogP contribution in [0.4, 0.5) is 0 Å². The van der Waals surface area contributed by atoms with Crippen LogP contribution in [-0.4, -0.2) is 55.8 Å². The minimum atomic E-state index is -3.57. The van der Waals surface area contributed by atoms with Crippen molar-refractivity contribution in [1.29, 1.82) is 0 Å². The van der Waals surface area contributed by atoms with Gasteiger partial charge in [0.1, 0.15) is 5.75 Å². The van der Waals surface area contributed by atoms with Crippen molar-refractivity contribution in [3.8, 4) is 5.75 Å². The molecule has 1 heterocycles. The molecule has 0 spiro atoms. The van der Waals surface area contributed by atoms with Crippen molar-refractivity contribution in [2.75, 3.05) is 26.2 Å². The van der Waals surface area contributed by atoms with E-state index in [1.165, 1.54) is 4.31 Å². The molecule has 1 aliphatic heterocycles. The third-order valence-corrected chi connectivity index (χ3v) is 7.21. The van der Waals surface area contributed by atoms with Crippen molar-refractivity contribution in [3.05, 3.63) is 59.2 Å². The summed E-state index contributed by atoms with van der Waals surface area (Å²) in [6, 6.07) is 12.9. The molecule has 0 N–H and O–H groups in total. The van der Waals surface area contributed by atoms with Crippen LogP contribution >= 0.6 is 0 Å². The highest BCUT2D eigenvalue weighted by Gasteiger charge is 2.32. The lowest BCUT2D eigenvalue weighted by molar-refractivity contribution is -0.139. The molecule has 0 aromatic heterocycles. The van der Waals surface area contributed by atoms with Crippen LogP contribution in [0.3, 0.4) is 0 Å². The zero-order valence-corrected chi connectivity index (χ0v) is 18.2. The zero-order chi connectivity index (χ0) is 21.2. The normalized spacial score (nSPS) is 16.5. The molecule has 1 saturated heterocycles. The van der Waals surface area contributed by atoms with Crippen LogP contribution in [0, 0.1) is 20.8 Å². The number of ether oxygens (including phenoxy) is 1. The molecule has 1 amide bonds.